The number of thiophene rings is 1. The van der Waals surface area contributed by atoms with Crippen molar-refractivity contribution in [1.82, 2.24) is 9.47 Å². The lowest BCUT2D eigenvalue weighted by Gasteiger charge is -2.31. The highest BCUT2D eigenvalue weighted by atomic mass is 35.5. The summed E-state index contributed by atoms with van der Waals surface area (Å²) in [6.45, 7) is 3.09. The summed E-state index contributed by atoms with van der Waals surface area (Å²) < 4.78 is 13.5. The first-order chi connectivity index (χ1) is 18.6. The van der Waals surface area contributed by atoms with Crippen LogP contribution >= 0.6 is 22.9 Å². The summed E-state index contributed by atoms with van der Waals surface area (Å²) in [7, 11) is 1.59. The van der Waals surface area contributed by atoms with Crippen molar-refractivity contribution < 1.29 is 14.3 Å². The van der Waals surface area contributed by atoms with Crippen molar-refractivity contribution in [1.29, 1.82) is 0 Å². The summed E-state index contributed by atoms with van der Waals surface area (Å²) in [6, 6.07) is 17.0. The highest BCUT2D eigenvalue weighted by molar-refractivity contribution is 7.15. The number of hydrogen-bond donors (Lipinski definition) is 1. The number of rotatable bonds is 5. The molecule has 2 aromatic heterocycles. The minimum atomic E-state index is -0.301. The van der Waals surface area contributed by atoms with E-state index in [1.165, 1.54) is 33.8 Å². The summed E-state index contributed by atoms with van der Waals surface area (Å²) in [5.74, 6) is 1.38. The molecule has 0 saturated carbocycles. The number of halogens is 1. The standard InChI is InChI=1S/C30H30ClN3O3S/c1-3-37-21-13-10-19(11-14-21)28-25-8-6-16-33(25)29-23(22-7-4-5-9-27(22)38-29)18-34(28)30(35)32-24-17-20(31)12-15-26(24)36-2/h6,8,10-17,28H,3-5,7,9,18H2,1-2H3,(H,32,35). The number of hydrogen-bond acceptors (Lipinski definition) is 4. The van der Waals surface area contributed by atoms with Crippen molar-refractivity contribution in [3.63, 3.8) is 0 Å². The van der Waals surface area contributed by atoms with Gasteiger partial charge in [-0.05, 0) is 86.2 Å². The molecular weight excluding hydrogens is 518 g/mol. The zero-order chi connectivity index (χ0) is 26.2. The van der Waals surface area contributed by atoms with E-state index >= 15 is 0 Å². The molecule has 1 aliphatic carbocycles. The number of aromatic nitrogens is 1. The Morgan fingerprint density at radius 1 is 1.11 bits per heavy atom. The van der Waals surface area contributed by atoms with Gasteiger partial charge in [0.05, 0.1) is 37.7 Å². The zero-order valence-corrected chi connectivity index (χ0v) is 23.1. The average molecular weight is 548 g/mol. The number of benzene rings is 2. The molecule has 0 radical (unpaired) electrons. The summed E-state index contributed by atoms with van der Waals surface area (Å²) in [5, 5.41) is 4.86. The lowest BCUT2D eigenvalue weighted by atomic mass is 9.95. The lowest BCUT2D eigenvalue weighted by molar-refractivity contribution is 0.194. The second-order valence-corrected chi connectivity index (χ2v) is 11.1. The van der Waals surface area contributed by atoms with Crippen LogP contribution in [0.5, 0.6) is 11.5 Å². The fraction of sp³-hybridized carbons (Fsp3) is 0.300. The highest BCUT2D eigenvalue weighted by Gasteiger charge is 2.36. The van der Waals surface area contributed by atoms with E-state index in [9.17, 15) is 4.79 Å². The zero-order valence-electron chi connectivity index (χ0n) is 21.5. The Balaban J connectivity index is 1.47. The molecule has 38 heavy (non-hydrogen) atoms. The molecule has 1 N–H and O–H groups in total. The van der Waals surface area contributed by atoms with Crippen LogP contribution in [0.2, 0.25) is 5.02 Å². The van der Waals surface area contributed by atoms with Gasteiger partial charge < -0.3 is 24.3 Å². The predicted octanol–water partition coefficient (Wildman–Crippen LogP) is 7.62. The van der Waals surface area contributed by atoms with Crippen molar-refractivity contribution in [3.05, 3.63) is 93.1 Å². The number of methoxy groups -OCH3 is 1. The number of amides is 2. The van der Waals surface area contributed by atoms with E-state index < -0.39 is 0 Å². The van der Waals surface area contributed by atoms with Crippen LogP contribution in [-0.4, -0.2) is 29.2 Å². The van der Waals surface area contributed by atoms with Gasteiger partial charge in [0.25, 0.3) is 0 Å². The molecule has 1 aliphatic heterocycles. The third-order valence-corrected chi connectivity index (χ3v) is 8.92. The first kappa shape index (κ1) is 24.9. The minimum absolute atomic E-state index is 0.208. The second-order valence-electron chi connectivity index (χ2n) is 9.60. The Hall–Kier alpha value is -3.42. The molecule has 1 atom stereocenters. The fourth-order valence-electron chi connectivity index (χ4n) is 5.62. The number of aryl methyl sites for hydroxylation is 1. The van der Waals surface area contributed by atoms with Crippen LogP contribution in [0.25, 0.3) is 5.00 Å². The number of anilines is 1. The van der Waals surface area contributed by atoms with E-state index in [1.54, 1.807) is 25.3 Å². The minimum Gasteiger partial charge on any atom is -0.495 e. The maximum Gasteiger partial charge on any atom is 0.323 e. The van der Waals surface area contributed by atoms with Crippen LogP contribution < -0.4 is 14.8 Å². The molecular formula is C30H30ClN3O3S. The molecule has 0 saturated heterocycles. The van der Waals surface area contributed by atoms with E-state index in [-0.39, 0.29) is 12.1 Å². The molecule has 1 unspecified atom stereocenters. The monoisotopic (exact) mass is 547 g/mol. The molecule has 8 heteroatoms. The van der Waals surface area contributed by atoms with Crippen LogP contribution in [0, 0.1) is 0 Å². The third-order valence-electron chi connectivity index (χ3n) is 7.35. The Labute approximate surface area is 231 Å². The van der Waals surface area contributed by atoms with E-state index in [2.05, 4.69) is 40.3 Å². The first-order valence-corrected chi connectivity index (χ1v) is 14.2. The van der Waals surface area contributed by atoms with Crippen molar-refractivity contribution in [2.24, 2.45) is 0 Å². The van der Waals surface area contributed by atoms with Crippen LogP contribution in [0.1, 0.15) is 53.1 Å². The van der Waals surface area contributed by atoms with E-state index in [1.807, 2.05) is 35.3 Å². The summed E-state index contributed by atoms with van der Waals surface area (Å²) in [5.41, 5.74) is 5.29. The Morgan fingerprint density at radius 2 is 1.92 bits per heavy atom. The lowest BCUT2D eigenvalue weighted by Crippen LogP contribution is -2.38. The topological polar surface area (TPSA) is 55.7 Å². The van der Waals surface area contributed by atoms with Crippen LogP contribution in [0.4, 0.5) is 10.5 Å². The highest BCUT2D eigenvalue weighted by Crippen LogP contribution is 2.44. The Kier molecular flexibility index (Phi) is 6.80. The molecule has 2 amide bonds. The van der Waals surface area contributed by atoms with Crippen LogP contribution in [0.15, 0.2) is 60.8 Å². The summed E-state index contributed by atoms with van der Waals surface area (Å²) in [4.78, 5) is 17.6. The van der Waals surface area contributed by atoms with Crippen LogP contribution in [0.3, 0.4) is 0 Å². The van der Waals surface area contributed by atoms with E-state index in [0.717, 1.165) is 29.8 Å². The van der Waals surface area contributed by atoms with E-state index in [4.69, 9.17) is 21.1 Å². The number of ether oxygens (including phenoxy) is 2. The number of carbonyl (C=O) groups excluding carboxylic acids is 1. The Morgan fingerprint density at radius 3 is 2.71 bits per heavy atom. The normalized spacial score (nSPS) is 16.2. The fourth-order valence-corrected chi connectivity index (χ4v) is 7.19. The largest absolute Gasteiger partial charge is 0.495 e. The Bertz CT molecular complexity index is 1480. The van der Waals surface area contributed by atoms with Crippen molar-refractivity contribution in [3.8, 4) is 16.5 Å². The van der Waals surface area contributed by atoms with E-state index in [0.29, 0.717) is 29.6 Å². The summed E-state index contributed by atoms with van der Waals surface area (Å²) >= 11 is 8.16. The quantitative estimate of drug-likeness (QED) is 0.279. The van der Waals surface area contributed by atoms with Gasteiger partial charge in [0, 0.05) is 21.7 Å². The summed E-state index contributed by atoms with van der Waals surface area (Å²) in [6.07, 6.45) is 6.70. The van der Waals surface area contributed by atoms with Crippen LogP contribution in [-0.2, 0) is 19.4 Å². The van der Waals surface area contributed by atoms with Gasteiger partial charge in [-0.1, -0.05) is 23.7 Å². The molecule has 6 nitrogen and oxygen atoms in total. The molecule has 196 valence electrons. The van der Waals surface area contributed by atoms with Gasteiger partial charge in [-0.15, -0.1) is 11.3 Å². The molecule has 4 aromatic rings. The van der Waals surface area contributed by atoms with Gasteiger partial charge >= 0.3 is 6.03 Å². The van der Waals surface area contributed by atoms with Gasteiger partial charge in [0.15, 0.2) is 0 Å². The number of fused-ring (bicyclic) bond motifs is 5. The molecule has 0 bridgehead atoms. The average Bonchev–Trinajstić information content (AvgIpc) is 3.51. The number of carbonyl (C=O) groups is 1. The third kappa shape index (κ3) is 4.44. The van der Waals surface area contributed by atoms with Gasteiger partial charge in [-0.2, -0.15) is 0 Å². The van der Waals surface area contributed by atoms with Crippen molar-refractivity contribution >= 4 is 34.7 Å². The SMILES string of the molecule is CCOc1ccc(C2c3cccn3-c3sc4c(c3CN2C(=O)Nc2cc(Cl)ccc2OC)CCCC4)cc1. The number of nitrogens with zero attached hydrogens (tertiary/aromatic N) is 2. The van der Waals surface area contributed by atoms with Gasteiger partial charge in [-0.3, -0.25) is 0 Å². The number of urea groups is 1. The van der Waals surface area contributed by atoms with Gasteiger partial charge in [0.2, 0.25) is 0 Å². The molecule has 3 heterocycles. The molecule has 0 fully saturated rings. The maximum absolute atomic E-state index is 14.2. The maximum atomic E-state index is 14.2. The van der Waals surface area contributed by atoms with Crippen molar-refractivity contribution in [2.45, 2.75) is 45.2 Å². The number of nitrogens with one attached hydrogen (secondary N) is 1. The predicted molar refractivity (Wildman–Crippen MR) is 152 cm³/mol. The van der Waals surface area contributed by atoms with Gasteiger partial charge in [-0.25, -0.2) is 4.79 Å². The second kappa shape index (κ2) is 10.4. The smallest absolute Gasteiger partial charge is 0.323 e. The molecule has 0 spiro atoms. The van der Waals surface area contributed by atoms with Gasteiger partial charge in [0.1, 0.15) is 16.5 Å². The molecule has 2 aromatic carbocycles. The molecule has 2 aliphatic rings. The first-order valence-electron chi connectivity index (χ1n) is 13.0. The van der Waals surface area contributed by atoms with Crippen molar-refractivity contribution in [2.75, 3.05) is 19.0 Å². The molecule has 6 rings (SSSR count).